The average molecular weight is 401 g/mol. The molecule has 150 valence electrons. The van der Waals surface area contributed by atoms with Crippen LogP contribution in [0.1, 0.15) is 10.5 Å². The first-order valence-electron chi connectivity index (χ1n) is 9.29. The highest BCUT2D eigenvalue weighted by Gasteiger charge is 2.10. The van der Waals surface area contributed by atoms with Crippen LogP contribution in [-0.4, -0.2) is 49.2 Å². The van der Waals surface area contributed by atoms with E-state index in [0.29, 0.717) is 30.5 Å². The Bertz CT molecular complexity index is 1080. The Hall–Kier alpha value is -4.34. The summed E-state index contributed by atoms with van der Waals surface area (Å²) in [5.41, 5.74) is 1.04. The van der Waals surface area contributed by atoms with Crippen molar-refractivity contribution < 1.29 is 4.79 Å². The molecule has 3 aromatic heterocycles. The fourth-order valence-corrected chi connectivity index (χ4v) is 2.57. The first kappa shape index (κ1) is 19.0. The summed E-state index contributed by atoms with van der Waals surface area (Å²) in [4.78, 5) is 17.8. The van der Waals surface area contributed by atoms with Crippen molar-refractivity contribution >= 4 is 23.4 Å². The molecule has 10 nitrogen and oxygen atoms in total. The minimum Gasteiger partial charge on any atom is -0.367 e. The molecule has 0 spiro atoms. The molecule has 3 heterocycles. The monoisotopic (exact) mass is 401 g/mol. The number of hydrogen-bond acceptors (Lipinski definition) is 8. The van der Waals surface area contributed by atoms with Crippen LogP contribution in [0.25, 0.3) is 5.69 Å². The van der Waals surface area contributed by atoms with Gasteiger partial charge in [-0.2, -0.15) is 9.90 Å². The topological polar surface area (TPSA) is 123 Å². The largest absolute Gasteiger partial charge is 0.367 e. The van der Waals surface area contributed by atoms with Crippen molar-refractivity contribution in [1.82, 2.24) is 35.5 Å². The number of anilines is 3. The van der Waals surface area contributed by atoms with Gasteiger partial charge in [0.05, 0.1) is 11.9 Å². The van der Waals surface area contributed by atoms with Crippen molar-refractivity contribution in [1.29, 1.82) is 0 Å². The highest BCUT2D eigenvalue weighted by Crippen LogP contribution is 2.11. The molecule has 1 aromatic carbocycles. The van der Waals surface area contributed by atoms with Gasteiger partial charge in [-0.25, -0.2) is 4.98 Å². The molecular weight excluding hydrogens is 382 g/mol. The van der Waals surface area contributed by atoms with Crippen molar-refractivity contribution in [2.24, 2.45) is 0 Å². The fourth-order valence-electron chi connectivity index (χ4n) is 2.57. The summed E-state index contributed by atoms with van der Waals surface area (Å²) in [5, 5.41) is 25.5. The zero-order chi connectivity index (χ0) is 20.6. The van der Waals surface area contributed by atoms with Gasteiger partial charge in [0.1, 0.15) is 11.6 Å². The minimum atomic E-state index is -0.292. The summed E-state index contributed by atoms with van der Waals surface area (Å²) in [5.74, 6) is 1.60. The molecule has 0 radical (unpaired) electrons. The second-order valence-corrected chi connectivity index (χ2v) is 6.18. The van der Waals surface area contributed by atoms with Gasteiger partial charge in [-0.3, -0.25) is 4.79 Å². The van der Waals surface area contributed by atoms with E-state index in [9.17, 15) is 4.79 Å². The molecule has 0 aliphatic carbocycles. The number of pyridine rings is 1. The van der Waals surface area contributed by atoms with E-state index in [1.165, 1.54) is 11.0 Å². The second-order valence-electron chi connectivity index (χ2n) is 6.18. The molecule has 0 aliphatic heterocycles. The predicted octanol–water partition coefficient (Wildman–Crippen LogP) is 2.04. The van der Waals surface area contributed by atoms with Crippen LogP contribution < -0.4 is 16.0 Å². The van der Waals surface area contributed by atoms with E-state index < -0.39 is 0 Å². The van der Waals surface area contributed by atoms with E-state index in [1.807, 2.05) is 48.5 Å². The Labute approximate surface area is 172 Å². The number of nitrogens with zero attached hydrogens (tertiary/aromatic N) is 6. The van der Waals surface area contributed by atoms with Crippen molar-refractivity contribution in [3.63, 3.8) is 0 Å². The molecular formula is C20H19N9O. The molecule has 4 aromatic rings. The lowest BCUT2D eigenvalue weighted by Gasteiger charge is -2.07. The van der Waals surface area contributed by atoms with Crippen molar-refractivity contribution in [3.8, 4) is 5.69 Å². The molecule has 3 N–H and O–H groups in total. The van der Waals surface area contributed by atoms with Crippen LogP contribution in [0.3, 0.4) is 0 Å². The molecule has 0 atom stereocenters. The van der Waals surface area contributed by atoms with Crippen LogP contribution in [0.15, 0.2) is 73.1 Å². The number of carbonyl (C=O) groups excluding carboxylic acids is 1. The first-order valence-corrected chi connectivity index (χ1v) is 9.29. The Balaban J connectivity index is 1.22. The lowest BCUT2D eigenvalue weighted by molar-refractivity contribution is 0.0950. The third-order valence-electron chi connectivity index (χ3n) is 4.01. The van der Waals surface area contributed by atoms with Gasteiger partial charge in [-0.05, 0) is 36.4 Å². The second kappa shape index (κ2) is 9.24. The summed E-state index contributed by atoms with van der Waals surface area (Å²) >= 11 is 0. The van der Waals surface area contributed by atoms with E-state index in [1.54, 1.807) is 18.3 Å². The maximum atomic E-state index is 12.2. The van der Waals surface area contributed by atoms with Crippen molar-refractivity contribution in [2.45, 2.75) is 0 Å². The molecule has 4 rings (SSSR count). The van der Waals surface area contributed by atoms with Crippen molar-refractivity contribution in [3.05, 3.63) is 78.8 Å². The highest BCUT2D eigenvalue weighted by atomic mass is 16.2. The molecule has 30 heavy (non-hydrogen) atoms. The lowest BCUT2D eigenvalue weighted by atomic mass is 10.3. The third kappa shape index (κ3) is 4.93. The Morgan fingerprint density at radius 1 is 0.867 bits per heavy atom. The number of hydrogen-bond donors (Lipinski definition) is 3. The van der Waals surface area contributed by atoms with Crippen LogP contribution in [0, 0.1) is 0 Å². The van der Waals surface area contributed by atoms with E-state index >= 15 is 0 Å². The molecule has 0 bridgehead atoms. The van der Waals surface area contributed by atoms with Crippen LogP contribution in [0.5, 0.6) is 0 Å². The number of amides is 1. The molecule has 0 saturated heterocycles. The summed E-state index contributed by atoms with van der Waals surface area (Å²) in [6, 6.07) is 18.6. The van der Waals surface area contributed by atoms with Crippen LogP contribution in [0.4, 0.5) is 17.5 Å². The summed E-state index contributed by atoms with van der Waals surface area (Å²) in [6.07, 6.45) is 3.14. The number of carbonyl (C=O) groups is 1. The first-order chi connectivity index (χ1) is 14.8. The van der Waals surface area contributed by atoms with Gasteiger partial charge in [0.2, 0.25) is 0 Å². The number of para-hydroxylation sites is 1. The van der Waals surface area contributed by atoms with Crippen molar-refractivity contribution in [2.75, 3.05) is 23.7 Å². The lowest BCUT2D eigenvalue weighted by Crippen LogP contribution is -2.29. The molecule has 0 unspecified atom stereocenters. The van der Waals surface area contributed by atoms with Crippen LogP contribution in [0.2, 0.25) is 0 Å². The van der Waals surface area contributed by atoms with Crippen LogP contribution in [-0.2, 0) is 0 Å². The average Bonchev–Trinajstić information content (AvgIpc) is 3.30. The maximum Gasteiger partial charge on any atom is 0.273 e. The fraction of sp³-hybridized carbons (Fsp3) is 0.100. The maximum absolute atomic E-state index is 12.2. The normalized spacial score (nSPS) is 10.4. The van der Waals surface area contributed by atoms with Gasteiger partial charge in [0, 0.05) is 19.3 Å². The zero-order valence-corrected chi connectivity index (χ0v) is 15.9. The Morgan fingerprint density at radius 3 is 2.43 bits per heavy atom. The van der Waals surface area contributed by atoms with Gasteiger partial charge in [0.15, 0.2) is 11.5 Å². The summed E-state index contributed by atoms with van der Waals surface area (Å²) in [7, 11) is 0. The van der Waals surface area contributed by atoms with Gasteiger partial charge < -0.3 is 16.0 Å². The Kier molecular flexibility index (Phi) is 5.85. The molecule has 10 heteroatoms. The third-order valence-corrected chi connectivity index (χ3v) is 4.01. The number of rotatable bonds is 8. The number of benzene rings is 1. The van der Waals surface area contributed by atoms with E-state index in [4.69, 9.17) is 0 Å². The highest BCUT2D eigenvalue weighted by molar-refractivity contribution is 5.91. The SMILES string of the molecule is O=C(NCCNc1ccc(Nc2ccccn2)nn1)c1cnn(-c2ccccc2)n1. The van der Waals surface area contributed by atoms with Crippen LogP contribution >= 0.6 is 0 Å². The molecule has 0 aliphatic rings. The van der Waals surface area contributed by atoms with Gasteiger partial charge in [-0.1, -0.05) is 24.3 Å². The summed E-state index contributed by atoms with van der Waals surface area (Å²) in [6.45, 7) is 0.882. The van der Waals surface area contributed by atoms with Gasteiger partial charge in [-0.15, -0.1) is 15.3 Å². The quantitative estimate of drug-likeness (QED) is 0.383. The Morgan fingerprint density at radius 2 is 1.67 bits per heavy atom. The predicted molar refractivity (Wildman–Crippen MR) is 112 cm³/mol. The smallest absolute Gasteiger partial charge is 0.273 e. The molecule has 0 saturated carbocycles. The van der Waals surface area contributed by atoms with E-state index in [2.05, 4.69) is 41.3 Å². The molecule has 0 fully saturated rings. The van der Waals surface area contributed by atoms with E-state index in [-0.39, 0.29) is 11.6 Å². The zero-order valence-electron chi connectivity index (χ0n) is 15.9. The van der Waals surface area contributed by atoms with E-state index in [0.717, 1.165) is 5.69 Å². The minimum absolute atomic E-state index is 0.253. The van der Waals surface area contributed by atoms with Gasteiger partial charge in [0.25, 0.3) is 5.91 Å². The van der Waals surface area contributed by atoms with Gasteiger partial charge >= 0.3 is 0 Å². The number of nitrogens with one attached hydrogen (secondary N) is 3. The molecule has 1 amide bonds. The number of aromatic nitrogens is 6. The standard InChI is InChI=1S/C20H19N9O/c30-20(16-14-24-29(28-16)15-6-2-1-3-7-15)23-13-12-22-18-9-10-19(27-26-18)25-17-8-4-5-11-21-17/h1-11,14H,12-13H2,(H,22,26)(H,23,30)(H,21,25,27). The summed E-state index contributed by atoms with van der Waals surface area (Å²) < 4.78 is 0.